The molecule has 1 aliphatic rings. The van der Waals surface area contributed by atoms with Crippen LogP contribution in [0.3, 0.4) is 0 Å². The Morgan fingerprint density at radius 1 is 1.67 bits per heavy atom. The summed E-state index contributed by atoms with van der Waals surface area (Å²) in [5, 5.41) is 0. The van der Waals surface area contributed by atoms with E-state index in [9.17, 15) is 4.79 Å². The van der Waals surface area contributed by atoms with Crippen molar-refractivity contribution in [3.63, 3.8) is 0 Å². The molecule has 1 aliphatic heterocycles. The summed E-state index contributed by atoms with van der Waals surface area (Å²) in [6.45, 7) is 3.12. The van der Waals surface area contributed by atoms with Gasteiger partial charge in [0.1, 0.15) is 0 Å². The fraction of sp³-hybridized carbons (Fsp3) is 0.900. The third-order valence-electron chi connectivity index (χ3n) is 2.56. The molecule has 0 aliphatic carbocycles. The van der Waals surface area contributed by atoms with Gasteiger partial charge in [-0.25, -0.2) is 4.79 Å². The molecule has 0 aromatic rings. The average molecular weight is 233 g/mol. The average Bonchev–Trinajstić information content (AvgIpc) is 2.18. The van der Waals surface area contributed by atoms with Crippen LogP contribution in [0.25, 0.3) is 0 Å². The summed E-state index contributed by atoms with van der Waals surface area (Å²) in [5.74, 6) is 1.06. The molecule has 0 saturated carbocycles. The predicted molar refractivity (Wildman–Crippen MR) is 61.3 cm³/mol. The number of thioether (sulfide) groups is 1. The minimum absolute atomic E-state index is 0.0345. The Kier molecular flexibility index (Phi) is 5.25. The lowest BCUT2D eigenvalue weighted by atomic mass is 10.2. The van der Waals surface area contributed by atoms with Crippen molar-refractivity contribution in [2.24, 2.45) is 0 Å². The van der Waals surface area contributed by atoms with Gasteiger partial charge < -0.3 is 14.4 Å². The van der Waals surface area contributed by atoms with Gasteiger partial charge in [-0.15, -0.1) is 0 Å². The van der Waals surface area contributed by atoms with Crippen LogP contribution in [0.4, 0.5) is 4.79 Å². The predicted octanol–water partition coefficient (Wildman–Crippen LogP) is 1.60. The van der Waals surface area contributed by atoms with E-state index in [0.717, 1.165) is 12.2 Å². The van der Waals surface area contributed by atoms with Crippen molar-refractivity contribution in [2.75, 3.05) is 32.3 Å². The molecule has 1 heterocycles. The van der Waals surface area contributed by atoms with E-state index >= 15 is 0 Å². The normalized spacial score (nSPS) is 18.1. The number of rotatable bonds is 5. The van der Waals surface area contributed by atoms with Crippen LogP contribution in [-0.4, -0.2) is 55.4 Å². The molecule has 0 aromatic heterocycles. The molecule has 88 valence electrons. The highest BCUT2D eigenvalue weighted by Gasteiger charge is 2.25. The SMILES string of the molecule is CSCCC(C)N(C)C(=O)OC1COC1. The van der Waals surface area contributed by atoms with Crippen LogP contribution in [0.2, 0.25) is 0 Å². The van der Waals surface area contributed by atoms with Crippen molar-refractivity contribution in [2.45, 2.75) is 25.5 Å². The lowest BCUT2D eigenvalue weighted by Crippen LogP contribution is -2.43. The quantitative estimate of drug-likeness (QED) is 0.723. The van der Waals surface area contributed by atoms with Crippen molar-refractivity contribution in [1.29, 1.82) is 0 Å². The summed E-state index contributed by atoms with van der Waals surface area (Å²) in [4.78, 5) is 13.3. The van der Waals surface area contributed by atoms with Crippen LogP contribution in [0.1, 0.15) is 13.3 Å². The highest BCUT2D eigenvalue weighted by molar-refractivity contribution is 7.98. The van der Waals surface area contributed by atoms with Crippen LogP contribution < -0.4 is 0 Å². The molecule has 1 atom stereocenters. The number of hydrogen-bond acceptors (Lipinski definition) is 4. The smallest absolute Gasteiger partial charge is 0.410 e. The Morgan fingerprint density at radius 3 is 2.80 bits per heavy atom. The van der Waals surface area contributed by atoms with Crippen molar-refractivity contribution >= 4 is 17.9 Å². The lowest BCUT2D eigenvalue weighted by Gasteiger charge is -2.30. The Morgan fingerprint density at radius 2 is 2.33 bits per heavy atom. The van der Waals surface area contributed by atoms with Gasteiger partial charge in [-0.1, -0.05) is 0 Å². The van der Waals surface area contributed by atoms with E-state index in [4.69, 9.17) is 9.47 Å². The van der Waals surface area contributed by atoms with E-state index in [2.05, 4.69) is 6.26 Å². The van der Waals surface area contributed by atoms with Crippen LogP contribution in [0.5, 0.6) is 0 Å². The van der Waals surface area contributed by atoms with Crippen LogP contribution in [0, 0.1) is 0 Å². The Labute approximate surface area is 95.3 Å². The maximum absolute atomic E-state index is 11.6. The summed E-state index contributed by atoms with van der Waals surface area (Å²) in [7, 11) is 1.78. The minimum Gasteiger partial charge on any atom is -0.441 e. The number of nitrogens with zero attached hydrogens (tertiary/aromatic N) is 1. The standard InChI is InChI=1S/C10H19NO3S/c1-8(4-5-15-3)11(2)10(12)14-9-6-13-7-9/h8-9H,4-7H2,1-3H3. The van der Waals surface area contributed by atoms with E-state index in [0.29, 0.717) is 13.2 Å². The zero-order valence-electron chi connectivity index (χ0n) is 9.56. The number of carbonyl (C=O) groups excluding carboxylic acids is 1. The molecule has 0 bridgehead atoms. The molecule has 15 heavy (non-hydrogen) atoms. The molecular formula is C10H19NO3S. The highest BCUT2D eigenvalue weighted by atomic mass is 32.2. The molecule has 0 aromatic carbocycles. The third-order valence-corrected chi connectivity index (χ3v) is 3.21. The maximum atomic E-state index is 11.6. The van der Waals surface area contributed by atoms with Gasteiger partial charge in [-0.3, -0.25) is 0 Å². The number of ether oxygens (including phenoxy) is 2. The van der Waals surface area contributed by atoms with Crippen molar-refractivity contribution < 1.29 is 14.3 Å². The molecule has 1 rings (SSSR count). The van der Waals surface area contributed by atoms with E-state index < -0.39 is 0 Å². The van der Waals surface area contributed by atoms with E-state index in [1.165, 1.54) is 0 Å². The summed E-state index contributed by atoms with van der Waals surface area (Å²) in [6.07, 6.45) is 2.79. The van der Waals surface area contributed by atoms with E-state index in [1.807, 2.05) is 6.92 Å². The van der Waals surface area contributed by atoms with E-state index in [-0.39, 0.29) is 18.2 Å². The Bertz CT molecular complexity index is 209. The third kappa shape index (κ3) is 3.91. The first kappa shape index (κ1) is 12.6. The van der Waals surface area contributed by atoms with Gasteiger partial charge in [0.25, 0.3) is 0 Å². The van der Waals surface area contributed by atoms with Crippen LogP contribution >= 0.6 is 11.8 Å². The van der Waals surface area contributed by atoms with Crippen molar-refractivity contribution in [3.05, 3.63) is 0 Å². The Hall–Kier alpha value is -0.420. The molecule has 1 amide bonds. The molecule has 0 N–H and O–H groups in total. The summed E-state index contributed by atoms with van der Waals surface area (Å²) in [6, 6.07) is 0.228. The molecule has 5 heteroatoms. The topological polar surface area (TPSA) is 38.8 Å². The summed E-state index contributed by atoms with van der Waals surface area (Å²) < 4.78 is 10.1. The van der Waals surface area contributed by atoms with Crippen molar-refractivity contribution in [1.82, 2.24) is 4.90 Å². The van der Waals surface area contributed by atoms with Crippen LogP contribution in [-0.2, 0) is 9.47 Å². The fourth-order valence-corrected chi connectivity index (χ4v) is 1.75. The van der Waals surface area contributed by atoms with Gasteiger partial charge in [0.15, 0.2) is 6.10 Å². The van der Waals surface area contributed by atoms with Gasteiger partial charge in [-0.05, 0) is 25.4 Å². The zero-order valence-corrected chi connectivity index (χ0v) is 10.4. The first-order valence-corrected chi connectivity index (χ1v) is 6.54. The second-order valence-electron chi connectivity index (χ2n) is 3.78. The fourth-order valence-electron chi connectivity index (χ4n) is 1.17. The van der Waals surface area contributed by atoms with Gasteiger partial charge in [0.2, 0.25) is 0 Å². The monoisotopic (exact) mass is 233 g/mol. The molecule has 0 spiro atoms. The summed E-state index contributed by atoms with van der Waals surface area (Å²) >= 11 is 1.79. The Balaban J connectivity index is 2.23. The summed E-state index contributed by atoms with van der Waals surface area (Å²) in [5.41, 5.74) is 0. The number of carbonyl (C=O) groups is 1. The molecule has 1 fully saturated rings. The molecular weight excluding hydrogens is 214 g/mol. The molecule has 0 radical (unpaired) electrons. The first-order valence-electron chi connectivity index (χ1n) is 5.15. The van der Waals surface area contributed by atoms with E-state index in [1.54, 1.807) is 23.7 Å². The van der Waals surface area contributed by atoms with Gasteiger partial charge >= 0.3 is 6.09 Å². The van der Waals surface area contributed by atoms with Gasteiger partial charge in [0, 0.05) is 13.1 Å². The highest BCUT2D eigenvalue weighted by Crippen LogP contribution is 2.11. The van der Waals surface area contributed by atoms with Gasteiger partial charge in [-0.2, -0.15) is 11.8 Å². The lowest BCUT2D eigenvalue weighted by molar-refractivity contribution is -0.105. The minimum atomic E-state index is -0.239. The molecule has 1 saturated heterocycles. The molecule has 1 unspecified atom stereocenters. The van der Waals surface area contributed by atoms with Crippen molar-refractivity contribution in [3.8, 4) is 0 Å². The van der Waals surface area contributed by atoms with Crippen LogP contribution in [0.15, 0.2) is 0 Å². The molecule has 4 nitrogen and oxygen atoms in total. The number of hydrogen-bond donors (Lipinski definition) is 0. The largest absolute Gasteiger partial charge is 0.441 e. The second kappa shape index (κ2) is 6.23. The second-order valence-corrected chi connectivity index (χ2v) is 4.77. The first-order chi connectivity index (χ1) is 7.15. The van der Waals surface area contributed by atoms with Gasteiger partial charge in [0.05, 0.1) is 13.2 Å². The number of amides is 1. The zero-order chi connectivity index (χ0) is 11.3. The maximum Gasteiger partial charge on any atom is 0.410 e.